The molecule has 0 fully saturated rings. The highest BCUT2D eigenvalue weighted by Gasteiger charge is 2.30. The fourth-order valence-corrected chi connectivity index (χ4v) is 6.88. The Morgan fingerprint density at radius 2 is 1.02 bits per heavy atom. The van der Waals surface area contributed by atoms with Crippen LogP contribution in [0.3, 0.4) is 0 Å². The molecule has 2 heterocycles. The van der Waals surface area contributed by atoms with Crippen molar-refractivity contribution in [3.63, 3.8) is 0 Å². The highest BCUT2D eigenvalue weighted by molar-refractivity contribution is 5.94. The molecule has 210 valence electrons. The number of hydrogen-bond donors (Lipinski definition) is 2. The first-order chi connectivity index (χ1) is 19.3. The van der Waals surface area contributed by atoms with E-state index in [4.69, 9.17) is 9.97 Å². The molecular weight excluding hydrogens is 488 g/mol. The van der Waals surface area contributed by atoms with Crippen LogP contribution in [0.4, 0.5) is 11.4 Å². The molecule has 0 aliphatic heterocycles. The Bertz CT molecular complexity index is 1400. The molecule has 2 aliphatic carbocycles. The molecular formula is C36H46N4. The largest absolute Gasteiger partial charge is 0.384 e. The molecule has 0 unspecified atom stereocenters. The van der Waals surface area contributed by atoms with E-state index >= 15 is 0 Å². The van der Waals surface area contributed by atoms with Crippen molar-refractivity contribution in [3.8, 4) is 0 Å². The fraction of sp³-hybridized carbons (Fsp3) is 0.500. The molecule has 2 aliphatic rings. The van der Waals surface area contributed by atoms with Crippen molar-refractivity contribution < 1.29 is 0 Å². The van der Waals surface area contributed by atoms with Gasteiger partial charge >= 0.3 is 0 Å². The number of pyridine rings is 2. The minimum absolute atomic E-state index is 0.339. The summed E-state index contributed by atoms with van der Waals surface area (Å²) in [4.78, 5) is 10.2. The topological polar surface area (TPSA) is 49.8 Å². The SMILES string of the molecule is CC1(C)CCc2c(nc3ccccc3c2NCCCCCCNc2c3c(nc4ccccc24)CC(C)(C)CC3)C1. The smallest absolute Gasteiger partial charge is 0.0726 e. The van der Waals surface area contributed by atoms with Gasteiger partial charge in [-0.3, -0.25) is 9.97 Å². The van der Waals surface area contributed by atoms with Gasteiger partial charge in [0.2, 0.25) is 0 Å². The van der Waals surface area contributed by atoms with E-state index < -0.39 is 0 Å². The summed E-state index contributed by atoms with van der Waals surface area (Å²) in [5.41, 5.74) is 11.1. The van der Waals surface area contributed by atoms with Crippen LogP contribution in [0.25, 0.3) is 21.8 Å². The second-order valence-electron chi connectivity index (χ2n) is 13.8. The third-order valence-corrected chi connectivity index (χ3v) is 9.26. The number of unbranched alkanes of at least 4 members (excludes halogenated alkanes) is 3. The van der Waals surface area contributed by atoms with Crippen LogP contribution >= 0.6 is 0 Å². The van der Waals surface area contributed by atoms with Gasteiger partial charge in [0, 0.05) is 46.6 Å². The second-order valence-corrected chi connectivity index (χ2v) is 13.8. The van der Waals surface area contributed by atoms with Crippen molar-refractivity contribution in [2.24, 2.45) is 10.8 Å². The van der Waals surface area contributed by atoms with E-state index in [1.54, 1.807) is 0 Å². The molecule has 0 saturated carbocycles. The lowest BCUT2D eigenvalue weighted by Gasteiger charge is -2.32. The number of benzene rings is 2. The van der Waals surface area contributed by atoms with Crippen LogP contribution in [0, 0.1) is 10.8 Å². The number of rotatable bonds is 9. The maximum atomic E-state index is 5.08. The quantitative estimate of drug-likeness (QED) is 0.211. The van der Waals surface area contributed by atoms with Gasteiger partial charge in [-0.25, -0.2) is 0 Å². The summed E-state index contributed by atoms with van der Waals surface area (Å²) in [6.07, 6.45) is 11.7. The van der Waals surface area contributed by atoms with Crippen LogP contribution in [-0.2, 0) is 25.7 Å². The number of fused-ring (bicyclic) bond motifs is 4. The van der Waals surface area contributed by atoms with E-state index in [1.165, 1.54) is 83.2 Å². The summed E-state index contributed by atoms with van der Waals surface area (Å²) < 4.78 is 0. The highest BCUT2D eigenvalue weighted by Crippen LogP contribution is 2.41. The Labute approximate surface area is 240 Å². The molecule has 0 saturated heterocycles. The van der Waals surface area contributed by atoms with E-state index in [0.717, 1.165) is 49.8 Å². The molecule has 0 amide bonds. The van der Waals surface area contributed by atoms with Gasteiger partial charge in [0.25, 0.3) is 0 Å². The first kappa shape index (κ1) is 27.1. The Morgan fingerprint density at radius 3 is 1.48 bits per heavy atom. The molecule has 0 radical (unpaired) electrons. The highest BCUT2D eigenvalue weighted by atomic mass is 14.9. The van der Waals surface area contributed by atoms with Crippen molar-refractivity contribution in [1.82, 2.24) is 9.97 Å². The van der Waals surface area contributed by atoms with Gasteiger partial charge in [0.15, 0.2) is 0 Å². The van der Waals surface area contributed by atoms with Gasteiger partial charge in [-0.05, 0) is 85.5 Å². The molecule has 0 atom stereocenters. The van der Waals surface area contributed by atoms with Crippen molar-refractivity contribution in [1.29, 1.82) is 0 Å². The standard InChI is InChI=1S/C36H46N4/c1-35(2)19-17-27-31(23-35)39-29-15-9-7-13-25(29)33(27)37-21-11-5-6-12-22-38-34-26-14-8-10-16-30(26)40-32-24-36(3,4)20-18-28(32)34/h7-10,13-16H,5-6,11-12,17-24H2,1-4H3,(H,37,39)(H,38,40). The molecule has 40 heavy (non-hydrogen) atoms. The minimum Gasteiger partial charge on any atom is -0.384 e. The van der Waals surface area contributed by atoms with Crippen molar-refractivity contribution in [2.45, 2.75) is 91.9 Å². The predicted octanol–water partition coefficient (Wildman–Crippen LogP) is 8.90. The summed E-state index contributed by atoms with van der Waals surface area (Å²) in [5.74, 6) is 0. The van der Waals surface area contributed by atoms with Crippen molar-refractivity contribution in [3.05, 3.63) is 71.0 Å². The lowest BCUT2D eigenvalue weighted by atomic mass is 9.75. The zero-order chi connectivity index (χ0) is 27.7. The molecule has 2 aromatic heterocycles. The third kappa shape index (κ3) is 5.68. The van der Waals surface area contributed by atoms with Crippen LogP contribution < -0.4 is 10.6 Å². The minimum atomic E-state index is 0.339. The Morgan fingerprint density at radius 1 is 0.600 bits per heavy atom. The summed E-state index contributed by atoms with van der Waals surface area (Å²) in [7, 11) is 0. The van der Waals surface area contributed by atoms with Crippen LogP contribution in [0.5, 0.6) is 0 Å². The van der Waals surface area contributed by atoms with Crippen LogP contribution in [0.2, 0.25) is 0 Å². The van der Waals surface area contributed by atoms with Crippen molar-refractivity contribution in [2.75, 3.05) is 23.7 Å². The second kappa shape index (κ2) is 11.0. The number of anilines is 2. The normalized spacial score (nSPS) is 17.4. The summed E-state index contributed by atoms with van der Waals surface area (Å²) in [6, 6.07) is 17.3. The Hall–Kier alpha value is -3.14. The fourth-order valence-electron chi connectivity index (χ4n) is 6.88. The van der Waals surface area contributed by atoms with Crippen LogP contribution in [0.15, 0.2) is 48.5 Å². The van der Waals surface area contributed by atoms with E-state index in [1.807, 2.05) is 0 Å². The van der Waals surface area contributed by atoms with Gasteiger partial charge < -0.3 is 10.6 Å². The number of nitrogens with one attached hydrogen (secondary N) is 2. The third-order valence-electron chi connectivity index (χ3n) is 9.26. The van der Waals surface area contributed by atoms with E-state index in [2.05, 4.69) is 86.9 Å². The predicted molar refractivity (Wildman–Crippen MR) is 171 cm³/mol. The molecule has 4 aromatic rings. The molecule has 0 spiro atoms. The Kier molecular flexibility index (Phi) is 7.46. The molecule has 4 nitrogen and oxygen atoms in total. The van der Waals surface area contributed by atoms with E-state index in [0.29, 0.717) is 10.8 Å². The van der Waals surface area contributed by atoms with Crippen LogP contribution in [0.1, 0.15) is 88.7 Å². The lowest BCUT2D eigenvalue weighted by molar-refractivity contribution is 0.311. The van der Waals surface area contributed by atoms with Gasteiger partial charge in [-0.2, -0.15) is 0 Å². The molecule has 2 aromatic carbocycles. The molecule has 4 heteroatoms. The maximum Gasteiger partial charge on any atom is 0.0726 e. The van der Waals surface area contributed by atoms with Gasteiger partial charge in [0.05, 0.1) is 11.0 Å². The number of nitrogens with zero attached hydrogens (tertiary/aromatic N) is 2. The first-order valence-electron chi connectivity index (χ1n) is 15.6. The lowest BCUT2D eigenvalue weighted by Crippen LogP contribution is -2.24. The Balaban J connectivity index is 1.04. The number of para-hydroxylation sites is 2. The van der Waals surface area contributed by atoms with Gasteiger partial charge in [-0.1, -0.05) is 76.9 Å². The van der Waals surface area contributed by atoms with Gasteiger partial charge in [-0.15, -0.1) is 0 Å². The summed E-state index contributed by atoms with van der Waals surface area (Å²) in [5, 5.41) is 10.3. The summed E-state index contributed by atoms with van der Waals surface area (Å²) in [6.45, 7) is 11.6. The van der Waals surface area contributed by atoms with E-state index in [-0.39, 0.29) is 0 Å². The number of hydrogen-bond acceptors (Lipinski definition) is 4. The van der Waals surface area contributed by atoms with Crippen molar-refractivity contribution >= 4 is 33.2 Å². The maximum absolute atomic E-state index is 5.08. The first-order valence-corrected chi connectivity index (χ1v) is 15.6. The average Bonchev–Trinajstić information content (AvgIpc) is 2.92. The average molecular weight is 535 g/mol. The van der Waals surface area contributed by atoms with E-state index in [9.17, 15) is 0 Å². The molecule has 0 bridgehead atoms. The van der Waals surface area contributed by atoms with Crippen LogP contribution in [-0.4, -0.2) is 23.1 Å². The number of aromatic nitrogens is 2. The molecule has 6 rings (SSSR count). The van der Waals surface area contributed by atoms with Gasteiger partial charge in [0.1, 0.15) is 0 Å². The zero-order valence-corrected chi connectivity index (χ0v) is 25.0. The zero-order valence-electron chi connectivity index (χ0n) is 25.0. The molecule has 2 N–H and O–H groups in total. The monoisotopic (exact) mass is 534 g/mol. The summed E-state index contributed by atoms with van der Waals surface area (Å²) >= 11 is 0.